The molecule has 1 aromatic heterocycles. The Morgan fingerprint density at radius 2 is 1.64 bits per heavy atom. The second kappa shape index (κ2) is 13.2. The number of fused-ring (bicyclic) bond motifs is 1. The first-order chi connectivity index (χ1) is 21.3. The Balaban J connectivity index is 1.91. The van der Waals surface area contributed by atoms with Gasteiger partial charge in [0, 0.05) is 32.6 Å². The zero-order chi connectivity index (χ0) is 33.1. The Morgan fingerprint density at radius 3 is 2.13 bits per heavy atom. The van der Waals surface area contributed by atoms with Crippen molar-refractivity contribution in [2.75, 3.05) is 39.9 Å². The molecule has 45 heavy (non-hydrogen) atoms. The van der Waals surface area contributed by atoms with Crippen molar-refractivity contribution in [1.29, 1.82) is 0 Å². The Hall–Kier alpha value is -5.15. The fourth-order valence-corrected chi connectivity index (χ4v) is 5.53. The highest BCUT2D eigenvalue weighted by Crippen LogP contribution is 2.48. The number of carboxylic acids is 3. The molecule has 2 heterocycles. The van der Waals surface area contributed by atoms with E-state index in [0.717, 1.165) is 6.07 Å². The number of aromatic carboxylic acids is 1. The third-order valence-corrected chi connectivity index (χ3v) is 8.01. The van der Waals surface area contributed by atoms with E-state index in [1.807, 2.05) is 0 Å². The third-order valence-electron chi connectivity index (χ3n) is 8.01. The number of ether oxygens (including phenoxy) is 3. The summed E-state index contributed by atoms with van der Waals surface area (Å²) >= 11 is 0. The van der Waals surface area contributed by atoms with Crippen LogP contribution in [0.4, 0.5) is 4.79 Å². The molecule has 1 saturated carbocycles. The largest absolute Gasteiger partial charge is 0.491 e. The van der Waals surface area contributed by atoms with Gasteiger partial charge in [-0.05, 0) is 44.7 Å². The molecule has 1 aliphatic carbocycles. The molecule has 1 aromatic carbocycles. The van der Waals surface area contributed by atoms with Crippen molar-refractivity contribution in [3.05, 3.63) is 29.0 Å². The summed E-state index contributed by atoms with van der Waals surface area (Å²) in [5.74, 6) is -7.57. The lowest BCUT2D eigenvalue weighted by Crippen LogP contribution is -2.52. The molecule has 1 aliphatic heterocycles. The number of aromatic nitrogens is 1. The molecule has 0 radical (unpaired) electrons. The average Bonchev–Trinajstić information content (AvgIpc) is 2.97. The van der Waals surface area contributed by atoms with Crippen LogP contribution in [0, 0.1) is 0 Å². The van der Waals surface area contributed by atoms with E-state index in [2.05, 4.69) is 4.98 Å². The van der Waals surface area contributed by atoms with Crippen LogP contribution >= 0.6 is 0 Å². The van der Waals surface area contributed by atoms with Crippen LogP contribution in [0.2, 0.25) is 0 Å². The fourth-order valence-electron chi connectivity index (χ4n) is 5.53. The second-order valence-electron chi connectivity index (χ2n) is 10.7. The molecule has 4 rings (SSSR count). The van der Waals surface area contributed by atoms with Crippen molar-refractivity contribution >= 4 is 46.7 Å². The van der Waals surface area contributed by atoms with Crippen LogP contribution in [0.3, 0.4) is 0 Å². The lowest BCUT2D eigenvalue weighted by Gasteiger charge is -2.39. The van der Waals surface area contributed by atoms with Crippen LogP contribution < -0.4 is 15.2 Å². The molecule has 2 aromatic rings. The summed E-state index contributed by atoms with van der Waals surface area (Å²) in [6, 6.07) is 2.35. The summed E-state index contributed by atoms with van der Waals surface area (Å²) in [5.41, 5.74) is 2.71. The summed E-state index contributed by atoms with van der Waals surface area (Å²) in [5, 5.41) is 29.1. The van der Waals surface area contributed by atoms with Gasteiger partial charge in [-0.3, -0.25) is 14.4 Å². The number of benzene rings is 1. The van der Waals surface area contributed by atoms with Gasteiger partial charge in [-0.15, -0.1) is 0 Å². The van der Waals surface area contributed by atoms with Gasteiger partial charge in [-0.2, -0.15) is 0 Å². The maximum absolute atomic E-state index is 14.0. The number of hydrogen-bond acceptors (Lipinski definition) is 10. The predicted octanol–water partition coefficient (Wildman–Crippen LogP) is 1.68. The summed E-state index contributed by atoms with van der Waals surface area (Å²) in [6.45, 7) is 2.39. The van der Waals surface area contributed by atoms with Crippen LogP contribution in [-0.4, -0.2) is 111 Å². The number of methoxy groups -OCH3 is 1. The number of pyridine rings is 1. The van der Waals surface area contributed by atoms with E-state index in [0.29, 0.717) is 6.42 Å². The van der Waals surface area contributed by atoms with Crippen LogP contribution in [0.5, 0.6) is 11.5 Å². The molecular formula is C29H34N4O12. The Morgan fingerprint density at radius 1 is 1.00 bits per heavy atom. The molecule has 0 bridgehead atoms. The maximum atomic E-state index is 14.0. The average molecular weight is 631 g/mol. The number of aliphatic carboxylic acids is 2. The normalized spacial score (nSPS) is 16.3. The van der Waals surface area contributed by atoms with E-state index < -0.39 is 64.9 Å². The van der Waals surface area contributed by atoms with Crippen LogP contribution in [0.15, 0.2) is 12.1 Å². The minimum absolute atomic E-state index is 0.0558. The van der Waals surface area contributed by atoms with Crippen molar-refractivity contribution in [1.82, 2.24) is 14.8 Å². The van der Waals surface area contributed by atoms with Gasteiger partial charge in [0.2, 0.25) is 17.4 Å². The lowest BCUT2D eigenvalue weighted by molar-refractivity contribution is -0.163. The van der Waals surface area contributed by atoms with Gasteiger partial charge >= 0.3 is 24.0 Å². The molecule has 16 heteroatoms. The Bertz CT molecular complexity index is 1550. The molecule has 2 fully saturated rings. The zero-order valence-corrected chi connectivity index (χ0v) is 24.7. The molecule has 5 N–H and O–H groups in total. The molecule has 3 amide bonds. The predicted molar refractivity (Wildman–Crippen MR) is 153 cm³/mol. The van der Waals surface area contributed by atoms with E-state index in [1.54, 1.807) is 6.92 Å². The van der Waals surface area contributed by atoms with Gasteiger partial charge < -0.3 is 45.1 Å². The molecular weight excluding hydrogens is 596 g/mol. The number of primary amides is 1. The Labute approximate surface area is 256 Å². The lowest BCUT2D eigenvalue weighted by atomic mass is 9.80. The first kappa shape index (κ1) is 32.8. The van der Waals surface area contributed by atoms with Crippen molar-refractivity contribution in [3.8, 4) is 11.5 Å². The number of carbonyl (C=O) groups excluding carboxylic acids is 3. The highest BCUT2D eigenvalue weighted by atomic mass is 16.6. The van der Waals surface area contributed by atoms with Crippen LogP contribution in [-0.2, 0) is 19.1 Å². The van der Waals surface area contributed by atoms with E-state index in [4.69, 9.17) is 19.9 Å². The van der Waals surface area contributed by atoms with Gasteiger partial charge in [0.1, 0.15) is 0 Å². The van der Waals surface area contributed by atoms with Crippen molar-refractivity contribution < 1.29 is 58.3 Å². The topological polar surface area (TPSA) is 236 Å². The smallest absolute Gasteiger partial charge is 0.409 e. The number of nitrogens with two attached hydrogens (primary N) is 1. The second-order valence-corrected chi connectivity index (χ2v) is 10.7. The van der Waals surface area contributed by atoms with Crippen LogP contribution in [0.1, 0.15) is 71.4 Å². The number of carbonyl (C=O) groups is 6. The monoisotopic (exact) mass is 630 g/mol. The highest BCUT2D eigenvalue weighted by Gasteiger charge is 2.49. The van der Waals surface area contributed by atoms with Gasteiger partial charge in [0.25, 0.3) is 0 Å². The molecule has 0 spiro atoms. The fraction of sp³-hybridized carbons (Fsp3) is 0.483. The minimum atomic E-state index is -1.75. The van der Waals surface area contributed by atoms with Gasteiger partial charge in [-0.1, -0.05) is 0 Å². The molecule has 1 saturated heterocycles. The van der Waals surface area contributed by atoms with E-state index in [1.165, 1.54) is 23.0 Å². The van der Waals surface area contributed by atoms with Gasteiger partial charge in [-0.25, -0.2) is 19.4 Å². The van der Waals surface area contributed by atoms with Crippen molar-refractivity contribution in [3.63, 3.8) is 0 Å². The molecule has 242 valence electrons. The zero-order valence-electron chi connectivity index (χ0n) is 24.7. The number of amides is 3. The Kier molecular flexibility index (Phi) is 9.63. The summed E-state index contributed by atoms with van der Waals surface area (Å²) in [7, 11) is 1.19. The molecule has 1 unspecified atom stereocenters. The first-order valence-corrected chi connectivity index (χ1v) is 14.3. The SMILES string of the molecule is CCOC(=O)N1CCN(C(=O)C(CCC(=O)O)c2nc3ccc(C(=O)O)c(C(N)=O)c3c(OC3(C(=O)O)CCC3)c2OC)CC1. The van der Waals surface area contributed by atoms with Crippen LogP contribution in [0.25, 0.3) is 10.9 Å². The van der Waals surface area contributed by atoms with Gasteiger partial charge in [0.15, 0.2) is 11.5 Å². The van der Waals surface area contributed by atoms with Crippen molar-refractivity contribution in [2.24, 2.45) is 5.73 Å². The third kappa shape index (κ3) is 6.39. The van der Waals surface area contributed by atoms with E-state index in [9.17, 15) is 44.1 Å². The highest BCUT2D eigenvalue weighted by molar-refractivity contribution is 6.15. The molecule has 16 nitrogen and oxygen atoms in total. The number of carboxylic acid groups (broad SMARTS) is 3. The number of piperazine rings is 1. The standard InChI is InChI=1S/C29H34N4O12/c1-3-44-28(42)33-13-11-32(12-14-33)25(37)16(6-8-18(34)35)21-23(43-2)22(45-29(27(40)41)9-4-10-29)20-17(31-21)7-5-15(26(38)39)19(20)24(30)36/h5,7,16H,3-4,6,8-14H2,1-2H3,(H2,30,36)(H,34,35)(H,38,39)(H,40,41). The van der Waals surface area contributed by atoms with E-state index >= 15 is 0 Å². The first-order valence-electron chi connectivity index (χ1n) is 14.3. The van der Waals surface area contributed by atoms with Gasteiger partial charge in [0.05, 0.1) is 47.4 Å². The summed E-state index contributed by atoms with van der Waals surface area (Å²) < 4.78 is 16.8. The molecule has 1 atom stereocenters. The minimum Gasteiger partial charge on any atom is -0.491 e. The number of nitrogens with zero attached hydrogens (tertiary/aromatic N) is 3. The molecule has 2 aliphatic rings. The number of rotatable bonds is 12. The number of hydrogen-bond donors (Lipinski definition) is 4. The van der Waals surface area contributed by atoms with Crippen molar-refractivity contribution in [2.45, 2.75) is 50.5 Å². The quantitative estimate of drug-likeness (QED) is 0.261. The summed E-state index contributed by atoms with van der Waals surface area (Å²) in [6.07, 6.45) is -0.559. The van der Waals surface area contributed by atoms with E-state index in [-0.39, 0.29) is 80.1 Å². The maximum Gasteiger partial charge on any atom is 0.409 e. The summed E-state index contributed by atoms with van der Waals surface area (Å²) in [4.78, 5) is 82.3.